The van der Waals surface area contributed by atoms with Crippen LogP contribution in [0.5, 0.6) is 5.75 Å². The van der Waals surface area contributed by atoms with Gasteiger partial charge in [0.2, 0.25) is 0 Å². The molecule has 1 aromatic carbocycles. The Balaban J connectivity index is 3.22. The van der Waals surface area contributed by atoms with Gasteiger partial charge in [0.1, 0.15) is 5.75 Å². The van der Waals surface area contributed by atoms with Gasteiger partial charge in [0.25, 0.3) is 5.69 Å². The number of carbonyl (C=O) groups excluding carboxylic acids is 1. The van der Waals surface area contributed by atoms with Gasteiger partial charge < -0.3 is 10.8 Å². The Morgan fingerprint density at radius 2 is 2.06 bits per heavy atom. The Hall–Kier alpha value is -2.21. The van der Waals surface area contributed by atoms with Crippen molar-refractivity contribution in [3.8, 4) is 5.75 Å². The number of rotatable bonds is 5. The third-order valence-electron chi connectivity index (χ3n) is 2.12. The molecule has 17 heavy (non-hydrogen) atoms. The maximum absolute atomic E-state index is 10.7. The summed E-state index contributed by atoms with van der Waals surface area (Å²) in [6.07, 6.45) is 4.14. The van der Waals surface area contributed by atoms with Crippen molar-refractivity contribution in [2.24, 2.45) is 5.73 Å². The lowest BCUT2D eigenvalue weighted by molar-refractivity contribution is -0.384. The first kappa shape index (κ1) is 12.9. The van der Waals surface area contributed by atoms with Gasteiger partial charge in [-0.05, 0) is 13.0 Å². The van der Waals surface area contributed by atoms with Crippen LogP contribution in [0.3, 0.4) is 0 Å². The minimum Gasteiger partial charge on any atom is -0.507 e. The number of nitro groups is 1. The van der Waals surface area contributed by atoms with E-state index in [9.17, 15) is 20.0 Å². The highest BCUT2D eigenvalue weighted by Gasteiger charge is 2.13. The molecule has 1 rings (SSSR count). The molecule has 0 fully saturated rings. The average molecular weight is 236 g/mol. The van der Waals surface area contributed by atoms with Crippen LogP contribution in [-0.4, -0.2) is 22.9 Å². The molecule has 0 aliphatic heterocycles. The summed E-state index contributed by atoms with van der Waals surface area (Å²) in [7, 11) is 0. The Labute approximate surface area is 97.5 Å². The van der Waals surface area contributed by atoms with Gasteiger partial charge in [-0.1, -0.05) is 12.2 Å². The van der Waals surface area contributed by atoms with Crippen LogP contribution in [0.25, 0.3) is 6.08 Å². The summed E-state index contributed by atoms with van der Waals surface area (Å²) in [4.78, 5) is 20.7. The van der Waals surface area contributed by atoms with Gasteiger partial charge in [0, 0.05) is 17.7 Å². The number of nitro benzene ring substituents is 1. The first-order valence-corrected chi connectivity index (χ1v) is 4.93. The van der Waals surface area contributed by atoms with Crippen LogP contribution in [-0.2, 0) is 0 Å². The molecule has 0 aromatic heterocycles. The number of phenols is 1. The monoisotopic (exact) mass is 236 g/mol. The van der Waals surface area contributed by atoms with Crippen LogP contribution >= 0.6 is 0 Å². The molecule has 6 nitrogen and oxygen atoms in total. The standard InChI is InChI=1S/C11H12N2O4/c12-4-2-1-3-8-5-10(13(16)17)6-9(7-14)11(8)15/h1,3,5-7,15H,2,4,12H2. The number of aromatic hydroxyl groups is 1. The molecule has 0 bridgehead atoms. The molecule has 1 aromatic rings. The third-order valence-corrected chi connectivity index (χ3v) is 2.12. The Morgan fingerprint density at radius 3 is 2.59 bits per heavy atom. The molecule has 0 saturated carbocycles. The molecule has 0 saturated heterocycles. The molecule has 0 heterocycles. The average Bonchev–Trinajstić information content (AvgIpc) is 2.31. The van der Waals surface area contributed by atoms with E-state index < -0.39 is 4.92 Å². The Kier molecular flexibility index (Phi) is 4.36. The maximum atomic E-state index is 10.7. The predicted octanol–water partition coefficient (Wildman–Crippen LogP) is 1.47. The lowest BCUT2D eigenvalue weighted by atomic mass is 10.1. The van der Waals surface area contributed by atoms with Gasteiger partial charge in [-0.15, -0.1) is 0 Å². The lowest BCUT2D eigenvalue weighted by Gasteiger charge is -2.02. The molecular weight excluding hydrogens is 224 g/mol. The van der Waals surface area contributed by atoms with E-state index in [1.807, 2.05) is 0 Å². The Bertz CT molecular complexity index is 469. The summed E-state index contributed by atoms with van der Waals surface area (Å²) >= 11 is 0. The summed E-state index contributed by atoms with van der Waals surface area (Å²) in [6, 6.07) is 2.23. The third kappa shape index (κ3) is 3.12. The topological polar surface area (TPSA) is 106 Å². The zero-order valence-electron chi connectivity index (χ0n) is 9.00. The van der Waals surface area contributed by atoms with Crippen LogP contribution in [0, 0.1) is 10.1 Å². The van der Waals surface area contributed by atoms with E-state index in [4.69, 9.17) is 5.73 Å². The van der Waals surface area contributed by atoms with Crippen LogP contribution < -0.4 is 5.73 Å². The smallest absolute Gasteiger partial charge is 0.271 e. The zero-order chi connectivity index (χ0) is 12.8. The molecule has 0 atom stereocenters. The molecule has 0 spiro atoms. The van der Waals surface area contributed by atoms with Crippen LogP contribution in [0.4, 0.5) is 5.69 Å². The number of nitrogens with two attached hydrogens (primary N) is 1. The van der Waals surface area contributed by atoms with Gasteiger partial charge in [-0.3, -0.25) is 14.9 Å². The van der Waals surface area contributed by atoms with Crippen molar-refractivity contribution in [3.05, 3.63) is 39.4 Å². The van der Waals surface area contributed by atoms with Crippen molar-refractivity contribution in [1.29, 1.82) is 0 Å². The van der Waals surface area contributed by atoms with E-state index in [-0.39, 0.29) is 22.6 Å². The van der Waals surface area contributed by atoms with E-state index in [0.29, 0.717) is 19.3 Å². The van der Waals surface area contributed by atoms with Crippen LogP contribution in [0.2, 0.25) is 0 Å². The first-order chi connectivity index (χ1) is 8.10. The second kappa shape index (κ2) is 5.76. The minimum atomic E-state index is -0.618. The fourth-order valence-electron chi connectivity index (χ4n) is 1.29. The summed E-state index contributed by atoms with van der Waals surface area (Å²) in [5.41, 5.74) is 5.17. The molecular formula is C11H12N2O4. The lowest BCUT2D eigenvalue weighted by Crippen LogP contribution is -1.95. The fourth-order valence-corrected chi connectivity index (χ4v) is 1.29. The molecule has 0 aliphatic carbocycles. The highest BCUT2D eigenvalue weighted by Crippen LogP contribution is 2.28. The van der Waals surface area contributed by atoms with Crippen LogP contribution in [0.1, 0.15) is 22.3 Å². The van der Waals surface area contributed by atoms with Gasteiger partial charge in [-0.25, -0.2) is 0 Å². The first-order valence-electron chi connectivity index (χ1n) is 4.93. The van der Waals surface area contributed by atoms with E-state index in [0.717, 1.165) is 6.07 Å². The van der Waals surface area contributed by atoms with E-state index >= 15 is 0 Å². The number of hydrogen-bond acceptors (Lipinski definition) is 5. The van der Waals surface area contributed by atoms with E-state index in [1.54, 1.807) is 6.08 Å². The number of benzene rings is 1. The molecule has 0 aliphatic rings. The van der Waals surface area contributed by atoms with Crippen molar-refractivity contribution in [2.75, 3.05) is 6.54 Å². The number of carbonyl (C=O) groups is 1. The van der Waals surface area contributed by atoms with Gasteiger partial charge >= 0.3 is 0 Å². The SMILES string of the molecule is NCCC=Cc1cc([N+](=O)[O-])cc(C=O)c1O. The number of nitrogens with zero attached hydrogens (tertiary/aromatic N) is 1. The van der Waals surface area contributed by atoms with E-state index in [1.165, 1.54) is 12.1 Å². The molecule has 0 amide bonds. The second-order valence-corrected chi connectivity index (χ2v) is 3.33. The van der Waals surface area contributed by atoms with Gasteiger partial charge in [-0.2, -0.15) is 0 Å². The van der Waals surface area contributed by atoms with Crippen molar-refractivity contribution in [1.82, 2.24) is 0 Å². The van der Waals surface area contributed by atoms with Gasteiger partial charge in [0.15, 0.2) is 6.29 Å². The normalized spacial score (nSPS) is 10.6. The number of aldehydes is 1. The summed E-state index contributed by atoms with van der Waals surface area (Å²) < 4.78 is 0. The zero-order valence-corrected chi connectivity index (χ0v) is 9.00. The predicted molar refractivity (Wildman–Crippen MR) is 62.9 cm³/mol. The highest BCUT2D eigenvalue weighted by molar-refractivity contribution is 5.83. The molecule has 0 unspecified atom stereocenters. The summed E-state index contributed by atoms with van der Waals surface area (Å²) in [5.74, 6) is -0.265. The van der Waals surface area contributed by atoms with E-state index in [2.05, 4.69) is 0 Å². The molecule has 0 radical (unpaired) electrons. The Morgan fingerprint density at radius 1 is 1.41 bits per heavy atom. The molecule has 90 valence electrons. The quantitative estimate of drug-likeness (QED) is 0.457. The summed E-state index contributed by atoms with van der Waals surface area (Å²) in [5, 5.41) is 20.3. The molecule has 6 heteroatoms. The van der Waals surface area contributed by atoms with Gasteiger partial charge in [0.05, 0.1) is 10.5 Å². The fraction of sp³-hybridized carbons (Fsp3) is 0.182. The van der Waals surface area contributed by atoms with Crippen molar-refractivity contribution < 1.29 is 14.8 Å². The number of phenolic OH excluding ortho intramolecular Hbond substituents is 1. The number of hydrogen-bond donors (Lipinski definition) is 2. The van der Waals surface area contributed by atoms with Crippen LogP contribution in [0.15, 0.2) is 18.2 Å². The van der Waals surface area contributed by atoms with Crippen molar-refractivity contribution >= 4 is 18.0 Å². The number of non-ortho nitro benzene ring substituents is 1. The minimum absolute atomic E-state index is 0.105. The second-order valence-electron chi connectivity index (χ2n) is 3.33. The highest BCUT2D eigenvalue weighted by atomic mass is 16.6. The molecule has 3 N–H and O–H groups in total. The summed E-state index contributed by atoms with van der Waals surface area (Å²) in [6.45, 7) is 0.437. The van der Waals surface area contributed by atoms with Crippen molar-refractivity contribution in [3.63, 3.8) is 0 Å². The van der Waals surface area contributed by atoms with Crippen molar-refractivity contribution in [2.45, 2.75) is 6.42 Å². The largest absolute Gasteiger partial charge is 0.507 e. The maximum Gasteiger partial charge on any atom is 0.271 e.